The van der Waals surface area contributed by atoms with Gasteiger partial charge in [0.05, 0.1) is 6.54 Å². The summed E-state index contributed by atoms with van der Waals surface area (Å²) in [5.74, 6) is 0.877. The Morgan fingerprint density at radius 1 is 1.31 bits per heavy atom. The van der Waals surface area contributed by atoms with Crippen molar-refractivity contribution in [2.75, 3.05) is 0 Å². The molecule has 16 heavy (non-hydrogen) atoms. The fourth-order valence-corrected chi connectivity index (χ4v) is 2.12. The molecule has 0 spiro atoms. The summed E-state index contributed by atoms with van der Waals surface area (Å²) >= 11 is 3.54. The van der Waals surface area contributed by atoms with Crippen molar-refractivity contribution >= 4 is 15.9 Å². The molecule has 2 aromatic rings. The van der Waals surface area contributed by atoms with E-state index in [9.17, 15) is 0 Å². The maximum absolute atomic E-state index is 5.63. The molecule has 1 aromatic carbocycles. The highest BCUT2D eigenvalue weighted by atomic mass is 79.9. The first-order valence-corrected chi connectivity index (χ1v) is 5.91. The number of hydrogen-bond donors (Lipinski definition) is 1. The minimum atomic E-state index is 0.445. The van der Waals surface area contributed by atoms with Gasteiger partial charge < -0.3 is 10.3 Å². The molecule has 2 N–H and O–H groups in total. The molecule has 0 atom stereocenters. The average molecular weight is 280 g/mol. The molecule has 1 heterocycles. The molecule has 0 amide bonds. The maximum Gasteiger partial charge on any atom is 0.123 e. The molecule has 0 aliphatic carbocycles. The third-order valence-electron chi connectivity index (χ3n) is 2.63. The van der Waals surface area contributed by atoms with Crippen LogP contribution in [0.4, 0.5) is 0 Å². The van der Waals surface area contributed by atoms with Crippen molar-refractivity contribution in [2.24, 2.45) is 12.8 Å². The minimum absolute atomic E-state index is 0.445. The standard InChI is InChI=1S/C12H14BrN3/c1-8-3-5-9(6-4-8)11-12(13)16(2)10(7-14)15-11/h3-6H,7,14H2,1-2H3. The predicted octanol–water partition coefficient (Wildman–Crippen LogP) is 2.62. The normalized spacial score (nSPS) is 10.8. The molecule has 1 aromatic heterocycles. The van der Waals surface area contributed by atoms with Gasteiger partial charge in [0.15, 0.2) is 0 Å². The van der Waals surface area contributed by atoms with Gasteiger partial charge in [0.1, 0.15) is 16.1 Å². The fraction of sp³-hybridized carbons (Fsp3) is 0.250. The Bertz CT molecular complexity index is 500. The molecule has 84 valence electrons. The van der Waals surface area contributed by atoms with Crippen LogP contribution in [0.3, 0.4) is 0 Å². The van der Waals surface area contributed by atoms with Crippen LogP contribution >= 0.6 is 15.9 Å². The van der Waals surface area contributed by atoms with Crippen LogP contribution in [0.15, 0.2) is 28.9 Å². The van der Waals surface area contributed by atoms with Gasteiger partial charge in [0.25, 0.3) is 0 Å². The van der Waals surface area contributed by atoms with E-state index in [2.05, 4.69) is 52.1 Å². The number of imidazole rings is 1. The van der Waals surface area contributed by atoms with Crippen molar-refractivity contribution in [3.63, 3.8) is 0 Å². The number of hydrogen-bond acceptors (Lipinski definition) is 2. The van der Waals surface area contributed by atoms with Gasteiger partial charge in [-0.1, -0.05) is 29.8 Å². The Kier molecular flexibility index (Phi) is 3.12. The van der Waals surface area contributed by atoms with E-state index in [0.29, 0.717) is 6.54 Å². The second kappa shape index (κ2) is 4.39. The third kappa shape index (κ3) is 1.90. The van der Waals surface area contributed by atoms with Crippen LogP contribution in [0.1, 0.15) is 11.4 Å². The zero-order chi connectivity index (χ0) is 11.7. The van der Waals surface area contributed by atoms with Crippen molar-refractivity contribution < 1.29 is 0 Å². The molecule has 0 unspecified atom stereocenters. The lowest BCUT2D eigenvalue weighted by atomic mass is 10.1. The topological polar surface area (TPSA) is 43.8 Å². The molecule has 0 saturated heterocycles. The van der Waals surface area contributed by atoms with Crippen LogP contribution in [-0.4, -0.2) is 9.55 Å². The average Bonchev–Trinajstić information content (AvgIpc) is 2.57. The van der Waals surface area contributed by atoms with Crippen molar-refractivity contribution in [1.29, 1.82) is 0 Å². The lowest BCUT2D eigenvalue weighted by Crippen LogP contribution is -2.04. The van der Waals surface area contributed by atoms with Gasteiger partial charge in [0, 0.05) is 12.6 Å². The summed E-state index contributed by atoms with van der Waals surface area (Å²) in [5.41, 5.74) is 8.93. The summed E-state index contributed by atoms with van der Waals surface area (Å²) in [4.78, 5) is 4.52. The quantitative estimate of drug-likeness (QED) is 0.919. The molecule has 4 heteroatoms. The number of benzene rings is 1. The molecular weight excluding hydrogens is 266 g/mol. The number of aryl methyl sites for hydroxylation is 1. The van der Waals surface area contributed by atoms with Crippen LogP contribution in [-0.2, 0) is 13.6 Å². The molecule has 0 radical (unpaired) electrons. The second-order valence-electron chi connectivity index (χ2n) is 3.80. The fourth-order valence-electron chi connectivity index (χ4n) is 1.60. The Morgan fingerprint density at radius 3 is 2.44 bits per heavy atom. The van der Waals surface area contributed by atoms with Crippen LogP contribution in [0.5, 0.6) is 0 Å². The van der Waals surface area contributed by atoms with E-state index >= 15 is 0 Å². The molecule has 2 rings (SSSR count). The Hall–Kier alpha value is -1.13. The van der Waals surface area contributed by atoms with Crippen molar-refractivity contribution in [3.05, 3.63) is 40.3 Å². The Labute approximate surface area is 103 Å². The zero-order valence-corrected chi connectivity index (χ0v) is 11.0. The number of nitrogens with zero attached hydrogens (tertiary/aromatic N) is 2. The van der Waals surface area contributed by atoms with E-state index in [1.165, 1.54) is 5.56 Å². The monoisotopic (exact) mass is 279 g/mol. The number of aromatic nitrogens is 2. The molecular formula is C12H14BrN3. The van der Waals surface area contributed by atoms with Gasteiger partial charge in [-0.2, -0.15) is 0 Å². The summed E-state index contributed by atoms with van der Waals surface area (Å²) in [6, 6.07) is 8.31. The van der Waals surface area contributed by atoms with Crippen LogP contribution in [0.25, 0.3) is 11.3 Å². The lowest BCUT2D eigenvalue weighted by Gasteiger charge is -1.99. The maximum atomic E-state index is 5.63. The van der Waals surface area contributed by atoms with Crippen LogP contribution < -0.4 is 5.73 Å². The first-order chi connectivity index (χ1) is 7.63. The van der Waals surface area contributed by atoms with E-state index in [1.807, 2.05) is 11.6 Å². The molecule has 0 bridgehead atoms. The SMILES string of the molecule is Cc1ccc(-c2nc(CN)n(C)c2Br)cc1. The number of halogens is 1. The lowest BCUT2D eigenvalue weighted by molar-refractivity contribution is 0.781. The van der Waals surface area contributed by atoms with E-state index in [0.717, 1.165) is 21.7 Å². The molecule has 0 saturated carbocycles. The van der Waals surface area contributed by atoms with E-state index in [-0.39, 0.29) is 0 Å². The smallest absolute Gasteiger partial charge is 0.123 e. The van der Waals surface area contributed by atoms with Crippen LogP contribution in [0, 0.1) is 6.92 Å². The molecule has 0 fully saturated rings. The van der Waals surface area contributed by atoms with Gasteiger partial charge in [-0.05, 0) is 22.9 Å². The molecule has 0 aliphatic rings. The van der Waals surface area contributed by atoms with Crippen molar-refractivity contribution in [2.45, 2.75) is 13.5 Å². The van der Waals surface area contributed by atoms with Crippen molar-refractivity contribution in [3.8, 4) is 11.3 Å². The van der Waals surface area contributed by atoms with E-state index in [4.69, 9.17) is 5.73 Å². The highest BCUT2D eigenvalue weighted by Crippen LogP contribution is 2.28. The van der Waals surface area contributed by atoms with E-state index < -0.39 is 0 Å². The molecule has 0 aliphatic heterocycles. The van der Waals surface area contributed by atoms with Gasteiger partial charge in [-0.15, -0.1) is 0 Å². The van der Waals surface area contributed by atoms with Crippen LogP contribution in [0.2, 0.25) is 0 Å². The zero-order valence-electron chi connectivity index (χ0n) is 9.37. The summed E-state index contributed by atoms with van der Waals surface area (Å²) in [6.07, 6.45) is 0. The summed E-state index contributed by atoms with van der Waals surface area (Å²) in [5, 5.41) is 0. The number of nitrogens with two attached hydrogens (primary N) is 1. The largest absolute Gasteiger partial charge is 0.324 e. The van der Waals surface area contributed by atoms with Gasteiger partial charge >= 0.3 is 0 Å². The first kappa shape index (κ1) is 11.4. The second-order valence-corrected chi connectivity index (χ2v) is 4.55. The summed E-state index contributed by atoms with van der Waals surface area (Å²) in [6.45, 7) is 2.52. The Balaban J connectivity index is 2.52. The van der Waals surface area contributed by atoms with E-state index in [1.54, 1.807) is 0 Å². The highest BCUT2D eigenvalue weighted by Gasteiger charge is 2.12. The van der Waals surface area contributed by atoms with Gasteiger partial charge in [-0.25, -0.2) is 4.98 Å². The third-order valence-corrected chi connectivity index (χ3v) is 3.53. The first-order valence-electron chi connectivity index (χ1n) is 5.11. The summed E-state index contributed by atoms with van der Waals surface area (Å²) in [7, 11) is 1.96. The summed E-state index contributed by atoms with van der Waals surface area (Å²) < 4.78 is 2.94. The van der Waals surface area contributed by atoms with Gasteiger partial charge in [0.2, 0.25) is 0 Å². The van der Waals surface area contributed by atoms with Crippen molar-refractivity contribution in [1.82, 2.24) is 9.55 Å². The highest BCUT2D eigenvalue weighted by molar-refractivity contribution is 9.10. The minimum Gasteiger partial charge on any atom is -0.324 e. The molecule has 3 nitrogen and oxygen atoms in total. The number of rotatable bonds is 2. The predicted molar refractivity (Wildman–Crippen MR) is 69.0 cm³/mol. The van der Waals surface area contributed by atoms with Gasteiger partial charge in [-0.3, -0.25) is 0 Å². The Morgan fingerprint density at radius 2 is 1.94 bits per heavy atom.